The minimum atomic E-state index is -5.04. The van der Waals surface area contributed by atoms with Crippen molar-refractivity contribution in [3.05, 3.63) is 128 Å². The number of hydrogen-bond donors (Lipinski definition) is 0. The van der Waals surface area contributed by atoms with Crippen LogP contribution in [0.4, 0.5) is 52.7 Å². The first-order valence-corrected chi connectivity index (χ1v) is 36.1. The Labute approximate surface area is 405 Å². The van der Waals surface area contributed by atoms with Crippen LogP contribution in [0.2, 0.25) is 8.76 Å². The molecule has 4 aromatic rings. The van der Waals surface area contributed by atoms with Crippen molar-refractivity contribution in [2.24, 2.45) is 11.8 Å². The predicted molar refractivity (Wildman–Crippen MR) is 252 cm³/mol. The van der Waals surface area contributed by atoms with Crippen molar-refractivity contribution >= 4 is 43.8 Å². The van der Waals surface area contributed by atoms with E-state index in [1.807, 2.05) is 12.1 Å². The van der Waals surface area contributed by atoms with Crippen LogP contribution in [0.1, 0.15) is 142 Å². The number of alkyl halides is 12. The van der Waals surface area contributed by atoms with E-state index >= 15 is 0 Å². The van der Waals surface area contributed by atoms with Gasteiger partial charge in [0.25, 0.3) is 0 Å². The molecule has 0 N–H and O–H groups in total. The van der Waals surface area contributed by atoms with Gasteiger partial charge in [-0.15, -0.1) is 24.8 Å². The van der Waals surface area contributed by atoms with Gasteiger partial charge >= 0.3 is 383 Å². The first-order chi connectivity index (χ1) is 30.9. The van der Waals surface area contributed by atoms with Crippen molar-refractivity contribution in [3.8, 4) is 22.3 Å². The van der Waals surface area contributed by atoms with Crippen molar-refractivity contribution in [3.63, 3.8) is 0 Å². The van der Waals surface area contributed by atoms with Crippen LogP contribution in [-0.2, 0) is 42.1 Å². The van der Waals surface area contributed by atoms with Crippen LogP contribution < -0.4 is 0 Å². The molecule has 68 heavy (non-hydrogen) atoms. The summed E-state index contributed by atoms with van der Waals surface area (Å²) >= 11 is -4.82. The minimum absolute atomic E-state index is 0. The maximum atomic E-state index is 14.3. The largest absolute Gasteiger partial charge is 0.147 e. The second-order valence-corrected chi connectivity index (χ2v) is 48.6. The molecule has 2 fully saturated rings. The van der Waals surface area contributed by atoms with Gasteiger partial charge < -0.3 is 0 Å². The Morgan fingerprint density at radius 1 is 0.500 bits per heavy atom. The molecule has 2 atom stereocenters. The van der Waals surface area contributed by atoms with Crippen LogP contribution in [0.25, 0.3) is 34.4 Å². The third-order valence-electron chi connectivity index (χ3n) is 15.3. The minimum Gasteiger partial charge on any atom is -0.147 e. The molecular formula is C52H56Cl2F12SiZr. The molecule has 0 bridgehead atoms. The van der Waals surface area contributed by atoms with Crippen molar-refractivity contribution in [2.45, 2.75) is 131 Å². The number of benzene rings is 4. The Kier molecular flexibility index (Phi) is 16.0. The van der Waals surface area contributed by atoms with Gasteiger partial charge in [-0.1, -0.05) is 0 Å². The molecule has 370 valence electrons. The van der Waals surface area contributed by atoms with Gasteiger partial charge in [-0.3, -0.25) is 0 Å². The Bertz CT molecular complexity index is 2390. The molecule has 0 heterocycles. The summed E-state index contributed by atoms with van der Waals surface area (Å²) in [5.41, 5.74) is -0.182. The Morgan fingerprint density at radius 3 is 1.12 bits per heavy atom. The molecule has 16 heteroatoms. The van der Waals surface area contributed by atoms with Gasteiger partial charge in [-0.05, 0) is 0 Å². The van der Waals surface area contributed by atoms with Crippen molar-refractivity contribution < 1.29 is 70.1 Å². The first kappa shape index (κ1) is 54.5. The molecule has 0 radical (unpaired) electrons. The maximum absolute atomic E-state index is 14.3. The van der Waals surface area contributed by atoms with E-state index in [0.29, 0.717) is 35.8 Å². The molecule has 8 rings (SSSR count). The zero-order valence-electron chi connectivity index (χ0n) is 37.9. The summed E-state index contributed by atoms with van der Waals surface area (Å²) in [6.45, 7) is 4.18. The summed E-state index contributed by atoms with van der Waals surface area (Å²) in [6.07, 6.45) is -3.50. The molecule has 0 nitrogen and oxygen atoms in total. The summed E-state index contributed by atoms with van der Waals surface area (Å²) < 4.78 is 174. The molecule has 2 saturated carbocycles. The van der Waals surface area contributed by atoms with Crippen LogP contribution in [0, 0.1) is 11.8 Å². The van der Waals surface area contributed by atoms with Gasteiger partial charge in [-0.2, -0.15) is 0 Å². The van der Waals surface area contributed by atoms with Gasteiger partial charge in [0.1, 0.15) is 0 Å². The fraction of sp³-hybridized carbons (Fsp3) is 0.462. The van der Waals surface area contributed by atoms with Gasteiger partial charge in [0.15, 0.2) is 0 Å². The van der Waals surface area contributed by atoms with Crippen LogP contribution in [0.5, 0.6) is 0 Å². The van der Waals surface area contributed by atoms with E-state index in [2.05, 4.69) is 30.6 Å². The monoisotopic (exact) mass is 1100 g/mol. The van der Waals surface area contributed by atoms with Crippen molar-refractivity contribution in [1.29, 1.82) is 0 Å². The molecule has 0 saturated heterocycles. The van der Waals surface area contributed by atoms with Crippen LogP contribution in [-0.4, -0.2) is 6.88 Å². The third-order valence-corrected chi connectivity index (χ3v) is 38.8. The van der Waals surface area contributed by atoms with Gasteiger partial charge in [0.2, 0.25) is 0 Å². The Balaban J connectivity index is 0.00000381. The third kappa shape index (κ3) is 10.8. The molecule has 0 aromatic heterocycles. The average Bonchev–Trinajstić information content (AvgIpc) is 3.82. The van der Waals surface area contributed by atoms with Gasteiger partial charge in [0.05, 0.1) is 0 Å². The van der Waals surface area contributed by atoms with E-state index < -0.39 is 64.4 Å². The fourth-order valence-corrected chi connectivity index (χ4v) is 38.5. The summed E-state index contributed by atoms with van der Waals surface area (Å²) in [7, 11) is 0. The number of hydrogen-bond acceptors (Lipinski definition) is 0. The zero-order valence-corrected chi connectivity index (χ0v) is 43.4. The van der Waals surface area contributed by atoms with Crippen LogP contribution in [0.3, 0.4) is 0 Å². The quantitative estimate of drug-likeness (QED) is 0.110. The molecule has 0 aliphatic heterocycles. The SMILES string of the molecule is CC[CH2][Zr]([CH3])(=[SiH2])([CH]1C(CC2CCCCC2)=Cc2c(-c3cc(C(F)(F)F)cc(C(F)(F)F)c3)cccc21)[CH]1C(CC2CCCCC2)=Cc2c(-c3cc(C(F)(F)F)cc(C(F)(F)F)c3)cccc21.Cl.Cl. The van der Waals surface area contributed by atoms with Gasteiger partial charge in [-0.25, -0.2) is 0 Å². The second kappa shape index (κ2) is 20.0. The molecule has 4 aliphatic carbocycles. The second-order valence-electron chi connectivity index (χ2n) is 20.2. The van der Waals surface area contributed by atoms with E-state index in [0.717, 1.165) is 121 Å². The first-order valence-electron chi connectivity index (χ1n) is 23.2. The maximum Gasteiger partial charge on any atom is -0.147 e. The molecule has 4 aliphatic rings. The number of allylic oxidation sites excluding steroid dienone is 2. The standard InChI is InChI=1S/2C24H21F6.C3H7.CH3.2ClH.H2Si.Zr/c2*25-23(26,27)19-12-18(13-20(14-19)24(28,29)30)21-8-4-7-17-10-16(11-22(17)21)9-15-5-2-1-3-6-15;1-3-2;;;;;/h2*4,7-8,10-15H,1-3,5-6,9H2;1,3H2,2H3;1H3;2*1H;1H2;. The number of rotatable bonds is 10. The Hall–Kier alpha value is -2.80. The van der Waals surface area contributed by atoms with Crippen molar-refractivity contribution in [2.75, 3.05) is 0 Å². The number of halogens is 14. The Morgan fingerprint density at radius 2 is 0.824 bits per heavy atom. The summed E-state index contributed by atoms with van der Waals surface area (Å²) in [5, 5.41) is 0. The van der Waals surface area contributed by atoms with E-state index in [1.54, 1.807) is 24.3 Å². The normalized spacial score (nSPS) is 19.7. The fourth-order valence-electron chi connectivity index (χ4n) is 12.7. The van der Waals surface area contributed by atoms with Crippen LogP contribution in [0.15, 0.2) is 83.9 Å². The molecule has 0 amide bonds. The average molecular weight is 1100 g/mol. The molecule has 4 aromatic carbocycles. The van der Waals surface area contributed by atoms with E-state index in [4.69, 9.17) is 0 Å². The van der Waals surface area contributed by atoms with E-state index in [1.165, 1.54) is 0 Å². The predicted octanol–water partition coefficient (Wildman–Crippen LogP) is 18.6. The summed E-state index contributed by atoms with van der Waals surface area (Å²) in [4.78, 5) is 0. The van der Waals surface area contributed by atoms with Gasteiger partial charge in [0, 0.05) is 0 Å². The van der Waals surface area contributed by atoms with E-state index in [-0.39, 0.29) is 66.5 Å². The molecule has 2 unspecified atom stereocenters. The number of fused-ring (bicyclic) bond motifs is 2. The van der Waals surface area contributed by atoms with Crippen LogP contribution >= 0.6 is 24.8 Å². The molecular weight excluding hydrogens is 1040 g/mol. The zero-order chi connectivity index (χ0) is 47.6. The topological polar surface area (TPSA) is 0 Å². The summed E-state index contributed by atoms with van der Waals surface area (Å²) in [6, 6.07) is 14.1. The summed E-state index contributed by atoms with van der Waals surface area (Å²) in [5.74, 6) is 0.645. The van der Waals surface area contributed by atoms with Crippen molar-refractivity contribution in [1.82, 2.24) is 0 Å². The smallest absolute Gasteiger partial charge is 0.147 e. The van der Waals surface area contributed by atoms with E-state index in [9.17, 15) is 52.7 Å². The molecule has 0 spiro atoms.